The Morgan fingerprint density at radius 2 is 1.64 bits per heavy atom. The molecule has 0 aliphatic heterocycles. The number of phenolic OH excluding ortho intramolecular Hbond substituents is 1. The van der Waals surface area contributed by atoms with Gasteiger partial charge in [0.05, 0.1) is 12.8 Å². The van der Waals surface area contributed by atoms with Gasteiger partial charge in [-0.1, -0.05) is 82.7 Å². The van der Waals surface area contributed by atoms with Gasteiger partial charge in [0.25, 0.3) is 0 Å². The van der Waals surface area contributed by atoms with Crippen molar-refractivity contribution in [3.05, 3.63) is 17.2 Å². The molecule has 2 N–H and O–H groups in total. The second-order valence-electron chi connectivity index (χ2n) is 7.13. The van der Waals surface area contributed by atoms with E-state index in [0.717, 1.165) is 12.8 Å². The molecular formula is C22H35ClN2O3. The Kier molecular flexibility index (Phi) is 13.2. The Morgan fingerprint density at radius 3 is 2.21 bits per heavy atom. The Bertz CT molecular complexity index is 606. The molecule has 0 heterocycles. The van der Waals surface area contributed by atoms with Gasteiger partial charge in [-0.2, -0.15) is 0 Å². The lowest BCUT2D eigenvalue weighted by Crippen LogP contribution is -2.11. The van der Waals surface area contributed by atoms with Gasteiger partial charge in [-0.15, -0.1) is 0 Å². The molecule has 0 bridgehead atoms. The fourth-order valence-corrected chi connectivity index (χ4v) is 3.26. The molecule has 1 aromatic rings. The van der Waals surface area contributed by atoms with Crippen LogP contribution in [0.2, 0.25) is 5.02 Å². The Balaban J connectivity index is 2.22. The molecule has 158 valence electrons. The van der Waals surface area contributed by atoms with E-state index in [9.17, 15) is 9.90 Å². The van der Waals surface area contributed by atoms with Crippen molar-refractivity contribution in [1.82, 2.24) is 0 Å². The van der Waals surface area contributed by atoms with Gasteiger partial charge in [0, 0.05) is 11.4 Å². The molecule has 0 saturated heterocycles. The first kappa shape index (κ1) is 24.3. The van der Waals surface area contributed by atoms with E-state index in [0.29, 0.717) is 11.4 Å². The summed E-state index contributed by atoms with van der Waals surface area (Å²) in [5.41, 5.74) is 0.517. The Hall–Kier alpha value is -1.75. The van der Waals surface area contributed by atoms with E-state index >= 15 is 0 Å². The normalized spacial score (nSPS) is 11.1. The second kappa shape index (κ2) is 15.2. The molecule has 0 radical (unpaired) electrons. The highest BCUT2D eigenvalue weighted by Crippen LogP contribution is 2.37. The number of nitrogens with one attached hydrogen (secondary N) is 1. The minimum absolute atomic E-state index is 0.120. The third-order valence-corrected chi connectivity index (χ3v) is 4.85. The summed E-state index contributed by atoms with van der Waals surface area (Å²) in [4.78, 5) is 16.1. The van der Waals surface area contributed by atoms with E-state index in [1.165, 1.54) is 83.4 Å². The largest absolute Gasteiger partial charge is 0.504 e. The number of carbonyl (C=O) groups is 1. The average molecular weight is 411 g/mol. The van der Waals surface area contributed by atoms with E-state index in [4.69, 9.17) is 16.3 Å². The van der Waals surface area contributed by atoms with Crippen LogP contribution in [0.3, 0.4) is 0 Å². The minimum atomic E-state index is -0.129. The van der Waals surface area contributed by atoms with Crippen molar-refractivity contribution < 1.29 is 14.6 Å². The van der Waals surface area contributed by atoms with Gasteiger partial charge >= 0.3 is 0 Å². The van der Waals surface area contributed by atoms with Crippen LogP contribution in [0.5, 0.6) is 5.75 Å². The maximum absolute atomic E-state index is 12.1. The summed E-state index contributed by atoms with van der Waals surface area (Å²) in [5.74, 6) is -0.250. The zero-order valence-electron chi connectivity index (χ0n) is 17.3. The third-order valence-electron chi connectivity index (χ3n) is 4.63. The molecule has 0 unspecified atom stereocenters. The van der Waals surface area contributed by atoms with Gasteiger partial charge in [-0.25, -0.2) is 4.99 Å². The minimum Gasteiger partial charge on any atom is -0.504 e. The van der Waals surface area contributed by atoms with Crippen LogP contribution >= 0.6 is 11.6 Å². The first-order valence-corrected chi connectivity index (χ1v) is 10.8. The molecule has 5 nitrogen and oxygen atoms in total. The molecule has 28 heavy (non-hydrogen) atoms. The van der Waals surface area contributed by atoms with Crippen molar-refractivity contribution >= 4 is 35.3 Å². The topological polar surface area (TPSA) is 70.9 Å². The van der Waals surface area contributed by atoms with E-state index in [1.54, 1.807) is 0 Å². The highest BCUT2D eigenvalue weighted by molar-refractivity contribution is 6.31. The number of nitrogens with zero attached hydrogens (tertiary/aromatic N) is 1. The van der Waals surface area contributed by atoms with Crippen molar-refractivity contribution in [2.45, 2.75) is 84.0 Å². The van der Waals surface area contributed by atoms with Crippen LogP contribution in [-0.4, -0.2) is 24.5 Å². The predicted octanol–water partition coefficient (Wildman–Crippen LogP) is 6.99. The average Bonchev–Trinajstić information content (AvgIpc) is 2.67. The summed E-state index contributed by atoms with van der Waals surface area (Å²) in [6.45, 7) is 2.24. The highest BCUT2D eigenvalue weighted by atomic mass is 35.5. The number of methoxy groups -OCH3 is 1. The van der Waals surface area contributed by atoms with Crippen LogP contribution in [-0.2, 0) is 9.53 Å². The van der Waals surface area contributed by atoms with Gasteiger partial charge in [0.15, 0.2) is 12.2 Å². The van der Waals surface area contributed by atoms with Crippen LogP contribution in [0.25, 0.3) is 0 Å². The lowest BCUT2D eigenvalue weighted by molar-refractivity contribution is -0.116. The number of hydrogen-bond donors (Lipinski definition) is 2. The van der Waals surface area contributed by atoms with Gasteiger partial charge < -0.3 is 15.2 Å². The quantitative estimate of drug-likeness (QED) is 0.141. The zero-order valence-corrected chi connectivity index (χ0v) is 18.1. The Labute approximate surface area is 174 Å². The van der Waals surface area contributed by atoms with Crippen LogP contribution in [0, 0.1) is 0 Å². The molecule has 0 atom stereocenters. The van der Waals surface area contributed by atoms with Crippen LogP contribution < -0.4 is 5.32 Å². The molecule has 0 fully saturated rings. The number of carbonyl (C=O) groups excluding carboxylic acids is 1. The first-order valence-electron chi connectivity index (χ1n) is 10.5. The van der Waals surface area contributed by atoms with Crippen molar-refractivity contribution in [1.29, 1.82) is 0 Å². The van der Waals surface area contributed by atoms with Crippen LogP contribution in [0.1, 0.15) is 84.0 Å². The molecule has 1 amide bonds. The number of ether oxygens (including phenoxy) is 1. The molecule has 0 saturated carbocycles. The lowest BCUT2D eigenvalue weighted by atomic mass is 10.1. The summed E-state index contributed by atoms with van der Waals surface area (Å²) in [7, 11) is 1.46. The number of benzene rings is 1. The number of aliphatic imine (C=N–C) groups is 1. The number of unbranched alkanes of at least 4 members (excludes halogenated alkanes) is 10. The standard InChI is InChI=1S/C22H35ClN2O3/c1-3-4-5-6-7-8-9-10-11-12-13-14-21(26)25-20-16-18(23)15-19(22(20)27)24-17-28-2/h15-17,27H,3-14H2,1-2H3,(H,25,26). The molecule has 1 aromatic carbocycles. The predicted molar refractivity (Wildman–Crippen MR) is 118 cm³/mol. The van der Waals surface area contributed by atoms with Gasteiger partial charge in [0.1, 0.15) is 5.69 Å². The monoisotopic (exact) mass is 410 g/mol. The van der Waals surface area contributed by atoms with Crippen molar-refractivity contribution in [3.63, 3.8) is 0 Å². The Morgan fingerprint density at radius 1 is 1.07 bits per heavy atom. The summed E-state index contributed by atoms with van der Waals surface area (Å²) >= 11 is 6.03. The maximum atomic E-state index is 12.1. The van der Waals surface area contributed by atoms with Gasteiger partial charge in [-0.3, -0.25) is 4.79 Å². The maximum Gasteiger partial charge on any atom is 0.224 e. The van der Waals surface area contributed by atoms with Crippen molar-refractivity contribution in [2.75, 3.05) is 12.4 Å². The number of hydrogen-bond acceptors (Lipinski definition) is 4. The van der Waals surface area contributed by atoms with Gasteiger partial charge in [0.2, 0.25) is 5.91 Å². The fraction of sp³-hybridized carbons (Fsp3) is 0.636. The zero-order chi connectivity index (χ0) is 20.6. The van der Waals surface area contributed by atoms with Gasteiger partial charge in [-0.05, 0) is 18.6 Å². The number of anilines is 1. The van der Waals surface area contributed by atoms with Crippen molar-refractivity contribution in [2.24, 2.45) is 4.99 Å². The van der Waals surface area contributed by atoms with E-state index in [-0.39, 0.29) is 23.0 Å². The summed E-state index contributed by atoms with van der Waals surface area (Å²) < 4.78 is 4.75. The fourth-order valence-electron chi connectivity index (χ4n) is 3.05. The first-order chi connectivity index (χ1) is 13.6. The van der Waals surface area contributed by atoms with E-state index in [2.05, 4.69) is 17.2 Å². The molecule has 6 heteroatoms. The molecule has 1 rings (SSSR count). The number of phenols is 1. The second-order valence-corrected chi connectivity index (χ2v) is 7.56. The number of amides is 1. The summed E-state index contributed by atoms with van der Waals surface area (Å²) in [6.07, 6.45) is 15.3. The molecule has 0 aliphatic rings. The number of halogens is 1. The summed E-state index contributed by atoms with van der Waals surface area (Å²) in [5, 5.41) is 13.3. The molecule has 0 aliphatic carbocycles. The van der Waals surface area contributed by atoms with Crippen LogP contribution in [0.4, 0.5) is 11.4 Å². The molecular weight excluding hydrogens is 376 g/mol. The molecule has 0 spiro atoms. The number of aromatic hydroxyl groups is 1. The molecule has 0 aromatic heterocycles. The third kappa shape index (κ3) is 10.5. The SMILES string of the molecule is CCCCCCCCCCCCCC(=O)Nc1cc(Cl)cc(N=COC)c1O. The van der Waals surface area contributed by atoms with Crippen molar-refractivity contribution in [3.8, 4) is 5.75 Å². The summed E-state index contributed by atoms with van der Waals surface area (Å²) in [6, 6.07) is 3.02. The van der Waals surface area contributed by atoms with Crippen LogP contribution in [0.15, 0.2) is 17.1 Å². The van der Waals surface area contributed by atoms with E-state index < -0.39 is 0 Å². The lowest BCUT2D eigenvalue weighted by Gasteiger charge is -2.10. The smallest absolute Gasteiger partial charge is 0.224 e. The van der Waals surface area contributed by atoms with E-state index in [1.807, 2.05) is 0 Å². The number of rotatable bonds is 15. The highest BCUT2D eigenvalue weighted by Gasteiger charge is 2.11.